The van der Waals surface area contributed by atoms with Gasteiger partial charge in [-0.1, -0.05) is 49.7 Å². The van der Waals surface area contributed by atoms with Gasteiger partial charge in [0.15, 0.2) is 0 Å². The molecule has 0 aliphatic rings. The van der Waals surface area contributed by atoms with E-state index in [0.29, 0.717) is 5.75 Å². The second kappa shape index (κ2) is 4.49. The van der Waals surface area contributed by atoms with Gasteiger partial charge in [0.2, 0.25) is 0 Å². The number of phenolic OH excluding ortho intramolecular Hbond substituents is 1. The van der Waals surface area contributed by atoms with Crippen LogP contribution in [0.1, 0.15) is 36.1 Å². The fourth-order valence-corrected chi connectivity index (χ4v) is 2.47. The molecule has 0 spiro atoms. The molecule has 0 saturated carbocycles. The van der Waals surface area contributed by atoms with Crippen molar-refractivity contribution in [2.75, 3.05) is 0 Å². The highest BCUT2D eigenvalue weighted by Gasteiger charge is 2.25. The highest BCUT2D eigenvalue weighted by Crippen LogP contribution is 2.35. The first kappa shape index (κ1) is 12.7. The maximum Gasteiger partial charge on any atom is 0.115 e. The van der Waals surface area contributed by atoms with Gasteiger partial charge in [0, 0.05) is 5.41 Å². The van der Waals surface area contributed by atoms with Crippen molar-refractivity contribution in [2.45, 2.75) is 33.1 Å². The summed E-state index contributed by atoms with van der Waals surface area (Å²) in [6.07, 6.45) is 0. The number of benzene rings is 2. The topological polar surface area (TPSA) is 20.2 Å². The quantitative estimate of drug-likeness (QED) is 0.828. The third kappa shape index (κ3) is 2.26. The Labute approximate surface area is 109 Å². The Hall–Kier alpha value is -1.76. The Morgan fingerprint density at radius 3 is 2.33 bits per heavy atom. The minimum atomic E-state index is -0.102. The molecule has 0 amide bonds. The van der Waals surface area contributed by atoms with Crippen LogP contribution in [0.2, 0.25) is 0 Å². The molecule has 0 aliphatic heterocycles. The number of hydrogen-bond donors (Lipinski definition) is 1. The monoisotopic (exact) mass is 240 g/mol. The van der Waals surface area contributed by atoms with Crippen LogP contribution in [0.5, 0.6) is 5.75 Å². The van der Waals surface area contributed by atoms with E-state index < -0.39 is 0 Å². The Balaban J connectivity index is 2.57. The maximum absolute atomic E-state index is 9.70. The molecule has 2 rings (SSSR count). The van der Waals surface area contributed by atoms with E-state index in [2.05, 4.69) is 52.0 Å². The second-order valence-electron chi connectivity index (χ2n) is 5.49. The van der Waals surface area contributed by atoms with Gasteiger partial charge < -0.3 is 5.11 Å². The Morgan fingerprint density at radius 1 is 0.944 bits per heavy atom. The molecule has 1 heteroatoms. The summed E-state index contributed by atoms with van der Waals surface area (Å²) in [6.45, 7) is 8.59. The lowest BCUT2D eigenvalue weighted by atomic mass is 9.76. The zero-order chi connectivity index (χ0) is 13.3. The molecule has 2 aromatic carbocycles. The fourth-order valence-electron chi connectivity index (χ4n) is 2.47. The SMILES string of the molecule is Cc1cccc(C(C)(C)c2cc(O)ccc2C)c1. The van der Waals surface area contributed by atoms with E-state index in [0.717, 1.165) is 0 Å². The average molecular weight is 240 g/mol. The summed E-state index contributed by atoms with van der Waals surface area (Å²) in [7, 11) is 0. The molecule has 0 unspecified atom stereocenters. The van der Waals surface area contributed by atoms with Gasteiger partial charge in [-0.3, -0.25) is 0 Å². The lowest BCUT2D eigenvalue weighted by Crippen LogP contribution is -2.20. The summed E-state index contributed by atoms with van der Waals surface area (Å²) >= 11 is 0. The van der Waals surface area contributed by atoms with Gasteiger partial charge in [0.1, 0.15) is 5.75 Å². The normalized spacial score (nSPS) is 11.6. The maximum atomic E-state index is 9.70. The smallest absolute Gasteiger partial charge is 0.115 e. The standard InChI is InChI=1S/C17H20O/c1-12-6-5-7-14(10-12)17(3,4)16-11-15(18)9-8-13(16)2/h5-11,18H,1-4H3. The second-order valence-corrected chi connectivity index (χ2v) is 5.49. The van der Waals surface area contributed by atoms with Crippen LogP contribution in [0.15, 0.2) is 42.5 Å². The van der Waals surface area contributed by atoms with Crippen molar-refractivity contribution in [2.24, 2.45) is 0 Å². The van der Waals surface area contributed by atoms with Gasteiger partial charge in [0.05, 0.1) is 0 Å². The Bertz CT molecular complexity index is 568. The van der Waals surface area contributed by atoms with Crippen LogP contribution in [0.4, 0.5) is 0 Å². The summed E-state index contributed by atoms with van der Waals surface area (Å²) in [5, 5.41) is 9.70. The fraction of sp³-hybridized carbons (Fsp3) is 0.294. The summed E-state index contributed by atoms with van der Waals surface area (Å²) in [5.74, 6) is 0.330. The molecular weight excluding hydrogens is 220 g/mol. The molecule has 0 atom stereocenters. The molecule has 0 aliphatic carbocycles. The van der Waals surface area contributed by atoms with E-state index in [9.17, 15) is 5.11 Å². The predicted molar refractivity (Wildman–Crippen MR) is 76.2 cm³/mol. The van der Waals surface area contributed by atoms with Crippen molar-refractivity contribution in [3.63, 3.8) is 0 Å². The zero-order valence-corrected chi connectivity index (χ0v) is 11.5. The number of phenols is 1. The van der Waals surface area contributed by atoms with Crippen LogP contribution in [-0.2, 0) is 5.41 Å². The van der Waals surface area contributed by atoms with Gasteiger partial charge in [0.25, 0.3) is 0 Å². The molecule has 0 bridgehead atoms. The number of hydrogen-bond acceptors (Lipinski definition) is 1. The molecular formula is C17H20O. The Kier molecular flexibility index (Phi) is 3.16. The van der Waals surface area contributed by atoms with Crippen LogP contribution in [0.3, 0.4) is 0 Å². The minimum Gasteiger partial charge on any atom is -0.508 e. The third-order valence-corrected chi connectivity index (χ3v) is 3.63. The average Bonchev–Trinajstić information content (AvgIpc) is 2.32. The third-order valence-electron chi connectivity index (χ3n) is 3.63. The lowest BCUT2D eigenvalue weighted by Gasteiger charge is -2.28. The molecule has 2 aromatic rings. The van der Waals surface area contributed by atoms with Gasteiger partial charge in [-0.25, -0.2) is 0 Å². The molecule has 0 saturated heterocycles. The van der Waals surface area contributed by atoms with Crippen molar-refractivity contribution in [3.8, 4) is 5.75 Å². The molecule has 1 N–H and O–H groups in total. The summed E-state index contributed by atoms with van der Waals surface area (Å²) in [6, 6.07) is 14.1. The minimum absolute atomic E-state index is 0.102. The highest BCUT2D eigenvalue weighted by atomic mass is 16.3. The Morgan fingerprint density at radius 2 is 1.67 bits per heavy atom. The van der Waals surface area contributed by atoms with E-state index in [1.807, 2.05) is 12.1 Å². The molecule has 0 radical (unpaired) electrons. The lowest BCUT2D eigenvalue weighted by molar-refractivity contribution is 0.472. The molecule has 0 heterocycles. The van der Waals surface area contributed by atoms with Crippen molar-refractivity contribution in [1.29, 1.82) is 0 Å². The van der Waals surface area contributed by atoms with E-state index in [4.69, 9.17) is 0 Å². The summed E-state index contributed by atoms with van der Waals surface area (Å²) in [5.41, 5.74) is 4.82. The predicted octanol–water partition coefficient (Wildman–Crippen LogP) is 4.33. The number of aryl methyl sites for hydroxylation is 2. The summed E-state index contributed by atoms with van der Waals surface area (Å²) < 4.78 is 0. The number of rotatable bonds is 2. The van der Waals surface area contributed by atoms with E-state index in [1.54, 1.807) is 6.07 Å². The van der Waals surface area contributed by atoms with Crippen molar-refractivity contribution >= 4 is 0 Å². The van der Waals surface area contributed by atoms with E-state index in [1.165, 1.54) is 22.3 Å². The van der Waals surface area contributed by atoms with Crippen LogP contribution >= 0.6 is 0 Å². The van der Waals surface area contributed by atoms with Gasteiger partial charge in [-0.2, -0.15) is 0 Å². The molecule has 94 valence electrons. The first-order valence-electron chi connectivity index (χ1n) is 6.28. The zero-order valence-electron chi connectivity index (χ0n) is 11.5. The largest absolute Gasteiger partial charge is 0.508 e. The van der Waals surface area contributed by atoms with Crippen LogP contribution in [0, 0.1) is 13.8 Å². The molecule has 1 nitrogen and oxygen atoms in total. The molecule has 18 heavy (non-hydrogen) atoms. The van der Waals surface area contributed by atoms with Gasteiger partial charge in [-0.15, -0.1) is 0 Å². The first-order valence-corrected chi connectivity index (χ1v) is 6.28. The number of aromatic hydroxyl groups is 1. The van der Waals surface area contributed by atoms with Crippen molar-refractivity contribution in [1.82, 2.24) is 0 Å². The van der Waals surface area contributed by atoms with E-state index >= 15 is 0 Å². The van der Waals surface area contributed by atoms with Crippen molar-refractivity contribution in [3.05, 3.63) is 64.7 Å². The summed E-state index contributed by atoms with van der Waals surface area (Å²) in [4.78, 5) is 0. The molecule has 0 aromatic heterocycles. The van der Waals surface area contributed by atoms with E-state index in [-0.39, 0.29) is 5.41 Å². The molecule has 0 fully saturated rings. The van der Waals surface area contributed by atoms with Crippen LogP contribution < -0.4 is 0 Å². The first-order chi connectivity index (χ1) is 8.41. The van der Waals surface area contributed by atoms with Crippen LogP contribution in [0.25, 0.3) is 0 Å². The van der Waals surface area contributed by atoms with Gasteiger partial charge >= 0.3 is 0 Å². The van der Waals surface area contributed by atoms with Crippen molar-refractivity contribution < 1.29 is 5.11 Å². The highest BCUT2D eigenvalue weighted by molar-refractivity contribution is 5.45. The van der Waals surface area contributed by atoms with Gasteiger partial charge in [-0.05, 0) is 42.7 Å². The van der Waals surface area contributed by atoms with Crippen LogP contribution in [-0.4, -0.2) is 5.11 Å².